The molecule has 0 saturated carbocycles. The van der Waals surface area contributed by atoms with E-state index in [9.17, 15) is 14.9 Å². The first-order chi connectivity index (χ1) is 14.0. The lowest BCUT2D eigenvalue weighted by Gasteiger charge is -2.12. The third-order valence-corrected chi connectivity index (χ3v) is 4.75. The maximum Gasteiger partial charge on any atom is 0.343 e. The van der Waals surface area contributed by atoms with Crippen molar-refractivity contribution in [3.05, 3.63) is 69.0 Å². The van der Waals surface area contributed by atoms with Gasteiger partial charge in [-0.15, -0.1) is 0 Å². The zero-order chi connectivity index (χ0) is 21.0. The molecular formula is C20H14ClN3O4S. The Kier molecular flexibility index (Phi) is 6.22. The van der Waals surface area contributed by atoms with Crippen LogP contribution in [0, 0.1) is 11.3 Å². The lowest BCUT2D eigenvalue weighted by molar-refractivity contribution is 0.0730. The average Bonchev–Trinajstić information content (AvgIpc) is 2.73. The molecule has 0 amide bonds. The number of methoxy groups -OCH3 is 1. The third-order valence-electron chi connectivity index (χ3n) is 3.92. The van der Waals surface area contributed by atoms with Crippen LogP contribution < -0.4 is 15.0 Å². The summed E-state index contributed by atoms with van der Waals surface area (Å²) in [5, 5.41) is 10.2. The van der Waals surface area contributed by atoms with Crippen molar-refractivity contribution >= 4 is 29.3 Å². The summed E-state index contributed by atoms with van der Waals surface area (Å²) in [5.74, 6) is -0.143. The van der Waals surface area contributed by atoms with Gasteiger partial charge < -0.3 is 14.5 Å². The molecule has 9 heteroatoms. The number of thioether (sulfide) groups is 1. The largest absolute Gasteiger partial charge is 0.493 e. The molecule has 0 radical (unpaired) electrons. The predicted octanol–water partition coefficient (Wildman–Crippen LogP) is 3.91. The number of H-pyrrole nitrogens is 1. The maximum atomic E-state index is 12.4. The number of esters is 1. The van der Waals surface area contributed by atoms with Crippen LogP contribution in [0.1, 0.15) is 15.9 Å². The number of halogens is 1. The molecule has 0 aliphatic rings. The van der Waals surface area contributed by atoms with Gasteiger partial charge in [-0.25, -0.2) is 9.78 Å². The Labute approximate surface area is 175 Å². The first-order valence-corrected chi connectivity index (χ1v) is 9.81. The molecule has 7 nitrogen and oxygen atoms in total. The number of nitrogens with one attached hydrogen (secondary N) is 1. The van der Waals surface area contributed by atoms with Gasteiger partial charge in [-0.3, -0.25) is 4.79 Å². The van der Waals surface area contributed by atoms with Gasteiger partial charge >= 0.3 is 5.97 Å². The van der Waals surface area contributed by atoms with Gasteiger partial charge in [0, 0.05) is 10.6 Å². The monoisotopic (exact) mass is 427 g/mol. The van der Waals surface area contributed by atoms with Crippen molar-refractivity contribution in [1.82, 2.24) is 9.97 Å². The minimum Gasteiger partial charge on any atom is -0.493 e. The molecule has 0 spiro atoms. The number of rotatable bonds is 5. The molecule has 0 aliphatic heterocycles. The van der Waals surface area contributed by atoms with E-state index >= 15 is 0 Å². The van der Waals surface area contributed by atoms with Crippen LogP contribution in [-0.4, -0.2) is 29.3 Å². The Balaban J connectivity index is 1.99. The number of benzene rings is 2. The highest BCUT2D eigenvalue weighted by atomic mass is 35.5. The zero-order valence-electron chi connectivity index (χ0n) is 15.4. The SMILES string of the molecule is COc1cc(-c2nc(SC)[nH]c(=O)c2C#N)ccc1OC(=O)c1ccc(Cl)cc1. The Morgan fingerprint density at radius 3 is 2.55 bits per heavy atom. The summed E-state index contributed by atoms with van der Waals surface area (Å²) >= 11 is 7.08. The fraction of sp³-hybridized carbons (Fsp3) is 0.100. The molecule has 0 saturated heterocycles. The van der Waals surface area contributed by atoms with Crippen molar-refractivity contribution in [3.63, 3.8) is 0 Å². The van der Waals surface area contributed by atoms with Gasteiger partial charge in [0.05, 0.1) is 18.4 Å². The van der Waals surface area contributed by atoms with E-state index in [4.69, 9.17) is 21.1 Å². The van der Waals surface area contributed by atoms with Crippen LogP contribution in [0.2, 0.25) is 5.02 Å². The molecule has 1 aromatic heterocycles. The molecule has 29 heavy (non-hydrogen) atoms. The van der Waals surface area contributed by atoms with Crippen LogP contribution in [0.5, 0.6) is 11.5 Å². The third kappa shape index (κ3) is 4.42. The molecular weight excluding hydrogens is 414 g/mol. The number of nitriles is 1. The van der Waals surface area contributed by atoms with E-state index in [1.165, 1.54) is 24.9 Å². The number of ether oxygens (including phenoxy) is 2. The van der Waals surface area contributed by atoms with Crippen molar-refractivity contribution in [2.75, 3.05) is 13.4 Å². The van der Waals surface area contributed by atoms with Crippen LogP contribution in [0.25, 0.3) is 11.3 Å². The van der Waals surface area contributed by atoms with Gasteiger partial charge in [-0.05, 0) is 48.7 Å². The minimum atomic E-state index is -0.579. The van der Waals surface area contributed by atoms with Gasteiger partial charge in [0.2, 0.25) is 0 Å². The number of nitrogens with zero attached hydrogens (tertiary/aromatic N) is 2. The lowest BCUT2D eigenvalue weighted by atomic mass is 10.1. The van der Waals surface area contributed by atoms with E-state index in [-0.39, 0.29) is 22.8 Å². The molecule has 0 bridgehead atoms. The van der Waals surface area contributed by atoms with E-state index in [0.29, 0.717) is 21.3 Å². The van der Waals surface area contributed by atoms with Gasteiger partial charge in [0.25, 0.3) is 5.56 Å². The fourth-order valence-corrected chi connectivity index (χ4v) is 3.01. The standard InChI is InChI=1S/C20H14ClN3O4S/c1-27-16-9-12(17-14(10-22)18(25)24-20(23-17)29-2)5-8-15(16)28-19(26)11-3-6-13(21)7-4-11/h3-9H,1-2H3,(H,23,24,25). The highest BCUT2D eigenvalue weighted by molar-refractivity contribution is 7.98. The summed E-state index contributed by atoms with van der Waals surface area (Å²) < 4.78 is 10.7. The second-order valence-electron chi connectivity index (χ2n) is 5.67. The highest BCUT2D eigenvalue weighted by Crippen LogP contribution is 2.33. The van der Waals surface area contributed by atoms with Gasteiger partial charge in [0.15, 0.2) is 16.7 Å². The first kappa shape index (κ1) is 20.5. The Bertz CT molecular complexity index is 1170. The molecule has 1 heterocycles. The van der Waals surface area contributed by atoms with Gasteiger partial charge in [-0.1, -0.05) is 23.4 Å². The van der Waals surface area contributed by atoms with Crippen LogP contribution >= 0.6 is 23.4 Å². The number of aromatic amines is 1. The summed E-state index contributed by atoms with van der Waals surface area (Å²) in [7, 11) is 1.42. The van der Waals surface area contributed by atoms with E-state index in [0.717, 1.165) is 0 Å². The Morgan fingerprint density at radius 2 is 1.93 bits per heavy atom. The van der Waals surface area contributed by atoms with Crippen molar-refractivity contribution in [2.24, 2.45) is 0 Å². The second-order valence-corrected chi connectivity index (χ2v) is 6.90. The van der Waals surface area contributed by atoms with Crippen LogP contribution in [0.3, 0.4) is 0 Å². The molecule has 0 fully saturated rings. The average molecular weight is 428 g/mol. The van der Waals surface area contributed by atoms with Crippen LogP contribution in [0.4, 0.5) is 0 Å². The number of aromatic nitrogens is 2. The molecule has 0 atom stereocenters. The summed E-state index contributed by atoms with van der Waals surface area (Å²) in [4.78, 5) is 31.3. The van der Waals surface area contributed by atoms with Gasteiger partial charge in [0.1, 0.15) is 11.6 Å². The molecule has 2 aromatic carbocycles. The van der Waals surface area contributed by atoms with E-state index < -0.39 is 11.5 Å². The molecule has 146 valence electrons. The summed E-state index contributed by atoms with van der Waals surface area (Å²) in [5.41, 5.74) is 0.378. The van der Waals surface area contributed by atoms with Crippen molar-refractivity contribution in [1.29, 1.82) is 5.26 Å². The molecule has 1 N–H and O–H groups in total. The van der Waals surface area contributed by atoms with E-state index in [1.807, 2.05) is 6.07 Å². The summed E-state index contributed by atoms with van der Waals surface area (Å²) in [6.07, 6.45) is 1.76. The topological polar surface area (TPSA) is 105 Å². The smallest absolute Gasteiger partial charge is 0.343 e. The van der Waals surface area contributed by atoms with Crippen LogP contribution in [0.15, 0.2) is 52.4 Å². The van der Waals surface area contributed by atoms with Crippen molar-refractivity contribution in [2.45, 2.75) is 5.16 Å². The van der Waals surface area contributed by atoms with Crippen molar-refractivity contribution in [3.8, 4) is 28.8 Å². The lowest BCUT2D eigenvalue weighted by Crippen LogP contribution is -2.14. The van der Waals surface area contributed by atoms with Crippen molar-refractivity contribution < 1.29 is 14.3 Å². The van der Waals surface area contributed by atoms with Crippen LogP contribution in [-0.2, 0) is 0 Å². The molecule has 0 unspecified atom stereocenters. The maximum absolute atomic E-state index is 12.4. The predicted molar refractivity (Wildman–Crippen MR) is 110 cm³/mol. The normalized spacial score (nSPS) is 10.3. The first-order valence-electron chi connectivity index (χ1n) is 8.21. The summed E-state index contributed by atoms with van der Waals surface area (Å²) in [6, 6.07) is 12.8. The number of hydrogen-bond donors (Lipinski definition) is 1. The number of carbonyl (C=O) groups is 1. The second kappa shape index (κ2) is 8.82. The van der Waals surface area contributed by atoms with E-state index in [1.54, 1.807) is 42.7 Å². The highest BCUT2D eigenvalue weighted by Gasteiger charge is 2.17. The van der Waals surface area contributed by atoms with Gasteiger partial charge in [-0.2, -0.15) is 5.26 Å². The zero-order valence-corrected chi connectivity index (χ0v) is 16.9. The fourth-order valence-electron chi connectivity index (χ4n) is 2.51. The molecule has 3 rings (SSSR count). The molecule has 0 aliphatic carbocycles. The summed E-state index contributed by atoms with van der Waals surface area (Å²) in [6.45, 7) is 0. The molecule has 3 aromatic rings. The number of hydrogen-bond acceptors (Lipinski definition) is 7. The quantitative estimate of drug-likeness (QED) is 0.285. The Hall–Kier alpha value is -3.28. The number of carbonyl (C=O) groups excluding carboxylic acids is 1. The van der Waals surface area contributed by atoms with E-state index in [2.05, 4.69) is 9.97 Å². The minimum absolute atomic E-state index is 0.115. The Morgan fingerprint density at radius 1 is 1.21 bits per heavy atom.